The molecule has 0 saturated heterocycles. The molecule has 0 saturated carbocycles. The Morgan fingerprint density at radius 3 is 2.81 bits per heavy atom. The van der Waals surface area contributed by atoms with Gasteiger partial charge < -0.3 is 5.32 Å². The van der Waals surface area contributed by atoms with Crippen LogP contribution in [0.15, 0.2) is 52.6 Å². The maximum Gasteiger partial charge on any atom is 0.112 e. The predicted octanol–water partition coefficient (Wildman–Crippen LogP) is 4.89. The highest BCUT2D eigenvalue weighted by Gasteiger charge is 2.05. The summed E-state index contributed by atoms with van der Waals surface area (Å²) < 4.78 is 0.883. The lowest BCUT2D eigenvalue weighted by atomic mass is 10.2. The molecule has 0 aliphatic heterocycles. The minimum atomic E-state index is 0.709. The molecule has 2 aromatic heterocycles. The Kier molecular flexibility index (Phi) is 4.31. The number of aryl methyl sites for hydroxylation is 1. The van der Waals surface area contributed by atoms with Crippen LogP contribution in [-0.4, -0.2) is 9.97 Å². The third-order valence-corrected chi connectivity index (χ3v) is 4.76. The first-order valence-electron chi connectivity index (χ1n) is 6.58. The molecule has 0 amide bonds. The summed E-state index contributed by atoms with van der Waals surface area (Å²) in [4.78, 5) is 8.94. The summed E-state index contributed by atoms with van der Waals surface area (Å²) in [6.07, 6.45) is 1.82. The molecular formula is C16H14BrN3S. The van der Waals surface area contributed by atoms with E-state index in [0.29, 0.717) is 6.54 Å². The number of nitrogens with one attached hydrogen (secondary N) is 1. The molecule has 0 radical (unpaired) electrons. The molecule has 0 atom stereocenters. The van der Waals surface area contributed by atoms with Gasteiger partial charge in [0.05, 0.1) is 24.1 Å². The summed E-state index contributed by atoms with van der Waals surface area (Å²) in [6, 6.07) is 12.3. The molecule has 0 unspecified atom stereocenters. The number of hydrogen-bond donors (Lipinski definition) is 1. The molecular weight excluding hydrogens is 346 g/mol. The monoisotopic (exact) mass is 359 g/mol. The number of hydrogen-bond acceptors (Lipinski definition) is 4. The molecule has 0 bridgehead atoms. The molecule has 0 aliphatic rings. The SMILES string of the molecule is Cc1cc(NCc2nc(-c3ccccc3)cs2)cnc1Br. The van der Waals surface area contributed by atoms with Crippen molar-refractivity contribution in [3.8, 4) is 11.3 Å². The van der Waals surface area contributed by atoms with Gasteiger partial charge in [-0.2, -0.15) is 0 Å². The van der Waals surface area contributed by atoms with E-state index in [2.05, 4.69) is 54.8 Å². The zero-order chi connectivity index (χ0) is 14.7. The lowest BCUT2D eigenvalue weighted by Crippen LogP contribution is -2.00. The van der Waals surface area contributed by atoms with Crippen molar-refractivity contribution >= 4 is 33.0 Å². The fraction of sp³-hybridized carbons (Fsp3) is 0.125. The van der Waals surface area contributed by atoms with E-state index in [1.807, 2.05) is 31.3 Å². The van der Waals surface area contributed by atoms with Crippen LogP contribution < -0.4 is 5.32 Å². The molecule has 0 fully saturated rings. The molecule has 106 valence electrons. The normalized spacial score (nSPS) is 10.6. The molecule has 3 nitrogen and oxygen atoms in total. The number of thiazole rings is 1. The van der Waals surface area contributed by atoms with Crippen LogP contribution in [0.5, 0.6) is 0 Å². The van der Waals surface area contributed by atoms with Crippen molar-refractivity contribution in [2.24, 2.45) is 0 Å². The predicted molar refractivity (Wildman–Crippen MR) is 91.6 cm³/mol. The van der Waals surface area contributed by atoms with Gasteiger partial charge in [-0.15, -0.1) is 11.3 Å². The molecule has 3 rings (SSSR count). The van der Waals surface area contributed by atoms with Gasteiger partial charge in [0.1, 0.15) is 9.61 Å². The molecule has 2 heterocycles. The van der Waals surface area contributed by atoms with Crippen molar-refractivity contribution in [1.29, 1.82) is 0 Å². The Labute approximate surface area is 136 Å². The van der Waals surface area contributed by atoms with E-state index in [4.69, 9.17) is 0 Å². The van der Waals surface area contributed by atoms with E-state index >= 15 is 0 Å². The zero-order valence-electron chi connectivity index (χ0n) is 11.5. The molecule has 5 heteroatoms. The minimum absolute atomic E-state index is 0.709. The molecule has 0 aliphatic carbocycles. The first-order chi connectivity index (χ1) is 10.2. The van der Waals surface area contributed by atoms with Crippen LogP contribution in [0.2, 0.25) is 0 Å². The second-order valence-corrected chi connectivity index (χ2v) is 6.37. The highest BCUT2D eigenvalue weighted by atomic mass is 79.9. The van der Waals surface area contributed by atoms with Gasteiger partial charge >= 0.3 is 0 Å². The molecule has 1 aromatic carbocycles. The summed E-state index contributed by atoms with van der Waals surface area (Å²) in [5.74, 6) is 0. The number of anilines is 1. The zero-order valence-corrected chi connectivity index (χ0v) is 13.9. The Balaban J connectivity index is 1.69. The number of nitrogens with zero attached hydrogens (tertiary/aromatic N) is 2. The number of halogens is 1. The minimum Gasteiger partial charge on any atom is -0.377 e. The molecule has 1 N–H and O–H groups in total. The fourth-order valence-corrected chi connectivity index (χ4v) is 2.93. The largest absolute Gasteiger partial charge is 0.377 e. The lowest BCUT2D eigenvalue weighted by molar-refractivity contribution is 1.09. The Bertz CT molecular complexity index is 740. The van der Waals surface area contributed by atoms with Gasteiger partial charge in [0.25, 0.3) is 0 Å². The average Bonchev–Trinajstić information content (AvgIpc) is 2.98. The van der Waals surface area contributed by atoms with Crippen LogP contribution in [0, 0.1) is 6.92 Å². The van der Waals surface area contributed by atoms with E-state index in [1.165, 1.54) is 0 Å². The summed E-state index contributed by atoms with van der Waals surface area (Å²) in [7, 11) is 0. The van der Waals surface area contributed by atoms with Crippen LogP contribution in [-0.2, 0) is 6.54 Å². The second-order valence-electron chi connectivity index (χ2n) is 4.68. The first kappa shape index (κ1) is 14.2. The van der Waals surface area contributed by atoms with Crippen LogP contribution in [0.25, 0.3) is 11.3 Å². The van der Waals surface area contributed by atoms with E-state index in [0.717, 1.165) is 32.1 Å². The van der Waals surface area contributed by atoms with Crippen molar-refractivity contribution in [2.45, 2.75) is 13.5 Å². The van der Waals surface area contributed by atoms with E-state index in [1.54, 1.807) is 11.3 Å². The van der Waals surface area contributed by atoms with Gasteiger partial charge in [-0.3, -0.25) is 0 Å². The average molecular weight is 360 g/mol. The highest BCUT2D eigenvalue weighted by Crippen LogP contribution is 2.22. The molecule has 0 spiro atoms. The van der Waals surface area contributed by atoms with Crippen molar-refractivity contribution in [3.05, 3.63) is 63.1 Å². The van der Waals surface area contributed by atoms with Gasteiger partial charge in [-0.05, 0) is 34.5 Å². The van der Waals surface area contributed by atoms with Crippen LogP contribution >= 0.6 is 27.3 Å². The Morgan fingerprint density at radius 2 is 2.05 bits per heavy atom. The maximum absolute atomic E-state index is 4.66. The number of aromatic nitrogens is 2. The van der Waals surface area contributed by atoms with Crippen molar-refractivity contribution in [1.82, 2.24) is 9.97 Å². The van der Waals surface area contributed by atoms with Crippen LogP contribution in [0.3, 0.4) is 0 Å². The topological polar surface area (TPSA) is 37.8 Å². The summed E-state index contributed by atoms with van der Waals surface area (Å²) in [6.45, 7) is 2.74. The quantitative estimate of drug-likeness (QED) is 0.674. The second kappa shape index (κ2) is 6.37. The first-order valence-corrected chi connectivity index (χ1v) is 8.25. The number of benzene rings is 1. The van der Waals surface area contributed by atoms with Gasteiger partial charge in [-0.1, -0.05) is 30.3 Å². The lowest BCUT2D eigenvalue weighted by Gasteiger charge is -2.05. The summed E-state index contributed by atoms with van der Waals surface area (Å²) >= 11 is 5.07. The van der Waals surface area contributed by atoms with Crippen molar-refractivity contribution in [2.75, 3.05) is 5.32 Å². The highest BCUT2D eigenvalue weighted by molar-refractivity contribution is 9.10. The summed E-state index contributed by atoms with van der Waals surface area (Å²) in [5, 5.41) is 6.52. The number of pyridine rings is 1. The maximum atomic E-state index is 4.66. The number of rotatable bonds is 4. The van der Waals surface area contributed by atoms with Gasteiger partial charge in [0, 0.05) is 10.9 Å². The Morgan fingerprint density at radius 1 is 1.24 bits per heavy atom. The van der Waals surface area contributed by atoms with Crippen LogP contribution in [0.4, 0.5) is 5.69 Å². The van der Waals surface area contributed by atoms with E-state index < -0.39 is 0 Å². The van der Waals surface area contributed by atoms with Crippen molar-refractivity contribution in [3.63, 3.8) is 0 Å². The fourth-order valence-electron chi connectivity index (χ4n) is 1.97. The smallest absolute Gasteiger partial charge is 0.112 e. The van der Waals surface area contributed by atoms with Crippen LogP contribution in [0.1, 0.15) is 10.6 Å². The third kappa shape index (κ3) is 3.49. The van der Waals surface area contributed by atoms with Gasteiger partial charge in [0.15, 0.2) is 0 Å². The van der Waals surface area contributed by atoms with Gasteiger partial charge in [-0.25, -0.2) is 9.97 Å². The molecule has 3 aromatic rings. The third-order valence-electron chi connectivity index (χ3n) is 3.08. The summed E-state index contributed by atoms with van der Waals surface area (Å²) in [5.41, 5.74) is 4.31. The van der Waals surface area contributed by atoms with E-state index in [9.17, 15) is 0 Å². The Hall–Kier alpha value is -1.72. The standard InChI is InChI=1S/C16H14BrN3S/c1-11-7-13(8-19-16(11)17)18-9-15-20-14(10-21-15)12-5-3-2-4-6-12/h2-8,10,18H,9H2,1H3. The van der Waals surface area contributed by atoms with Crippen molar-refractivity contribution < 1.29 is 0 Å². The van der Waals surface area contributed by atoms with E-state index in [-0.39, 0.29) is 0 Å². The molecule has 21 heavy (non-hydrogen) atoms. The van der Waals surface area contributed by atoms with Gasteiger partial charge in [0.2, 0.25) is 0 Å².